The van der Waals surface area contributed by atoms with Crippen LogP contribution < -0.4 is 4.74 Å². The molecule has 0 saturated carbocycles. The normalized spacial score (nSPS) is 11.5. The van der Waals surface area contributed by atoms with E-state index in [0.29, 0.717) is 11.6 Å². The lowest BCUT2D eigenvalue weighted by molar-refractivity contribution is -0.137. The predicted molar refractivity (Wildman–Crippen MR) is 52.3 cm³/mol. The van der Waals surface area contributed by atoms with Gasteiger partial charge in [0, 0.05) is 0 Å². The molecule has 0 bridgehead atoms. The van der Waals surface area contributed by atoms with Gasteiger partial charge in [0.25, 0.3) is 0 Å². The average molecular weight is 243 g/mol. The summed E-state index contributed by atoms with van der Waals surface area (Å²) >= 11 is 0. The van der Waals surface area contributed by atoms with Gasteiger partial charge in [0.2, 0.25) is 5.89 Å². The molecule has 1 aromatic carbocycles. The Balaban J connectivity index is 1.99. The second kappa shape index (κ2) is 4.48. The zero-order chi connectivity index (χ0) is 12.3. The molecule has 0 fully saturated rings. The monoisotopic (exact) mass is 243 g/mol. The molecule has 2 aromatic rings. The Hall–Kier alpha value is -1.98. The minimum atomic E-state index is -4.33. The topological polar surface area (TPSA) is 35.3 Å². The smallest absolute Gasteiger partial charge is 0.416 e. The number of hydrogen-bond donors (Lipinski definition) is 0. The van der Waals surface area contributed by atoms with Gasteiger partial charge in [-0.1, -0.05) is 0 Å². The molecule has 3 nitrogen and oxygen atoms in total. The molecule has 90 valence electrons. The van der Waals surface area contributed by atoms with Crippen LogP contribution in [0.1, 0.15) is 11.5 Å². The van der Waals surface area contributed by atoms with Crippen LogP contribution in [-0.4, -0.2) is 4.98 Å². The second-order valence-electron chi connectivity index (χ2n) is 3.24. The first-order valence-electron chi connectivity index (χ1n) is 4.74. The van der Waals surface area contributed by atoms with Crippen LogP contribution in [0.3, 0.4) is 0 Å². The van der Waals surface area contributed by atoms with Gasteiger partial charge in [-0.05, 0) is 24.3 Å². The molecule has 0 unspecified atom stereocenters. The van der Waals surface area contributed by atoms with Gasteiger partial charge in [-0.25, -0.2) is 4.98 Å². The largest absolute Gasteiger partial charge is 0.484 e. The molecule has 0 atom stereocenters. The van der Waals surface area contributed by atoms with Crippen molar-refractivity contribution in [1.82, 2.24) is 4.98 Å². The lowest BCUT2D eigenvalue weighted by atomic mass is 10.2. The molecular formula is C11H8F3NO2. The number of oxazole rings is 1. The van der Waals surface area contributed by atoms with Crippen molar-refractivity contribution >= 4 is 0 Å². The van der Waals surface area contributed by atoms with Gasteiger partial charge in [0.15, 0.2) is 6.61 Å². The Bertz CT molecular complexity index is 462. The third-order valence-corrected chi connectivity index (χ3v) is 2.03. The first kappa shape index (κ1) is 11.5. The second-order valence-corrected chi connectivity index (χ2v) is 3.24. The molecule has 0 radical (unpaired) electrons. The Labute approximate surface area is 94.8 Å². The van der Waals surface area contributed by atoms with Gasteiger partial charge in [-0.15, -0.1) is 0 Å². The molecular weight excluding hydrogens is 235 g/mol. The Morgan fingerprint density at radius 3 is 2.41 bits per heavy atom. The highest BCUT2D eigenvalue weighted by molar-refractivity contribution is 5.28. The third-order valence-electron chi connectivity index (χ3n) is 2.03. The quantitative estimate of drug-likeness (QED) is 0.829. The fourth-order valence-electron chi connectivity index (χ4n) is 1.21. The number of aromatic nitrogens is 1. The van der Waals surface area contributed by atoms with E-state index in [1.807, 2.05) is 0 Å². The summed E-state index contributed by atoms with van der Waals surface area (Å²) in [6.07, 6.45) is -1.47. The van der Waals surface area contributed by atoms with E-state index in [1.54, 1.807) is 0 Å². The van der Waals surface area contributed by atoms with Crippen molar-refractivity contribution in [3.63, 3.8) is 0 Å². The highest BCUT2D eigenvalue weighted by Gasteiger charge is 2.29. The van der Waals surface area contributed by atoms with Gasteiger partial charge < -0.3 is 9.15 Å². The predicted octanol–water partition coefficient (Wildman–Crippen LogP) is 3.27. The highest BCUT2D eigenvalue weighted by atomic mass is 19.4. The first-order valence-corrected chi connectivity index (χ1v) is 4.74. The molecule has 0 aliphatic heterocycles. The third kappa shape index (κ3) is 2.99. The molecule has 0 aliphatic carbocycles. The van der Waals surface area contributed by atoms with Crippen LogP contribution in [0.2, 0.25) is 0 Å². The van der Waals surface area contributed by atoms with Crippen molar-refractivity contribution in [3.05, 3.63) is 48.2 Å². The summed E-state index contributed by atoms with van der Waals surface area (Å²) in [5.74, 6) is 0.695. The number of halogens is 3. The lowest BCUT2D eigenvalue weighted by Gasteiger charge is -2.07. The molecule has 0 aliphatic rings. The molecule has 0 amide bonds. The molecule has 2 rings (SSSR count). The van der Waals surface area contributed by atoms with Crippen LogP contribution in [-0.2, 0) is 12.8 Å². The van der Waals surface area contributed by atoms with E-state index >= 15 is 0 Å². The maximum atomic E-state index is 12.3. The number of nitrogens with zero attached hydrogens (tertiary/aromatic N) is 1. The van der Waals surface area contributed by atoms with Crippen molar-refractivity contribution in [1.29, 1.82) is 0 Å². The highest BCUT2D eigenvalue weighted by Crippen LogP contribution is 2.30. The minimum Gasteiger partial charge on any atom is -0.484 e. The van der Waals surface area contributed by atoms with Crippen molar-refractivity contribution in [2.24, 2.45) is 0 Å². The van der Waals surface area contributed by atoms with Gasteiger partial charge in [0.1, 0.15) is 12.0 Å². The summed E-state index contributed by atoms with van der Waals surface area (Å²) in [4.78, 5) is 3.82. The number of rotatable bonds is 3. The van der Waals surface area contributed by atoms with Crippen molar-refractivity contribution in [2.75, 3.05) is 0 Å². The first-order chi connectivity index (χ1) is 8.05. The van der Waals surface area contributed by atoms with Crippen LogP contribution in [0.15, 0.2) is 41.1 Å². The average Bonchev–Trinajstić information content (AvgIpc) is 2.78. The van der Waals surface area contributed by atoms with Crippen molar-refractivity contribution in [2.45, 2.75) is 12.8 Å². The van der Waals surface area contributed by atoms with E-state index in [1.165, 1.54) is 24.6 Å². The van der Waals surface area contributed by atoms with Gasteiger partial charge in [-0.2, -0.15) is 13.2 Å². The van der Waals surface area contributed by atoms with Gasteiger partial charge >= 0.3 is 6.18 Å². The molecule has 6 heteroatoms. The van der Waals surface area contributed by atoms with Crippen molar-refractivity contribution < 1.29 is 22.3 Å². The number of ether oxygens (including phenoxy) is 1. The number of benzene rings is 1. The van der Waals surface area contributed by atoms with E-state index in [9.17, 15) is 13.2 Å². The van der Waals surface area contributed by atoms with Crippen LogP contribution in [0, 0.1) is 0 Å². The molecule has 1 aromatic heterocycles. The zero-order valence-electron chi connectivity index (χ0n) is 8.57. The zero-order valence-corrected chi connectivity index (χ0v) is 8.57. The standard InChI is InChI=1S/C11H8F3NO2/c12-11(13,14)8-1-3-9(4-2-8)17-7-10-15-5-6-16-10/h1-6H,7H2. The van der Waals surface area contributed by atoms with Crippen LogP contribution in [0.4, 0.5) is 13.2 Å². The van der Waals surface area contributed by atoms with Crippen molar-refractivity contribution in [3.8, 4) is 5.75 Å². The summed E-state index contributed by atoms with van der Waals surface area (Å²) in [5.41, 5.74) is -0.707. The van der Waals surface area contributed by atoms with Gasteiger partial charge in [0.05, 0.1) is 11.8 Å². The van der Waals surface area contributed by atoms with E-state index in [0.717, 1.165) is 12.1 Å². The van der Waals surface area contributed by atoms with E-state index in [-0.39, 0.29) is 6.61 Å². The van der Waals surface area contributed by atoms with E-state index in [2.05, 4.69) is 4.98 Å². The van der Waals surface area contributed by atoms with Crippen LogP contribution in [0.5, 0.6) is 5.75 Å². The maximum Gasteiger partial charge on any atom is 0.416 e. The SMILES string of the molecule is FC(F)(F)c1ccc(OCc2ncco2)cc1. The van der Waals surface area contributed by atoms with E-state index < -0.39 is 11.7 Å². The number of alkyl halides is 3. The Kier molecular flexibility index (Phi) is 3.03. The summed E-state index contributed by atoms with van der Waals surface area (Å²) in [7, 11) is 0. The lowest BCUT2D eigenvalue weighted by Crippen LogP contribution is -2.04. The molecule has 0 spiro atoms. The number of hydrogen-bond acceptors (Lipinski definition) is 3. The Morgan fingerprint density at radius 2 is 1.88 bits per heavy atom. The van der Waals surface area contributed by atoms with Crippen LogP contribution in [0.25, 0.3) is 0 Å². The van der Waals surface area contributed by atoms with Crippen LogP contribution >= 0.6 is 0 Å². The van der Waals surface area contributed by atoms with E-state index in [4.69, 9.17) is 9.15 Å². The summed E-state index contributed by atoms with van der Waals surface area (Å²) < 4.78 is 46.9. The maximum absolute atomic E-state index is 12.3. The summed E-state index contributed by atoms with van der Waals surface area (Å²) in [6, 6.07) is 4.44. The minimum absolute atomic E-state index is 0.0817. The summed E-state index contributed by atoms with van der Waals surface area (Å²) in [6.45, 7) is 0.0817. The molecule has 0 N–H and O–H groups in total. The summed E-state index contributed by atoms with van der Waals surface area (Å²) in [5, 5.41) is 0. The Morgan fingerprint density at radius 1 is 1.18 bits per heavy atom. The van der Waals surface area contributed by atoms with Gasteiger partial charge in [-0.3, -0.25) is 0 Å². The molecule has 17 heavy (non-hydrogen) atoms. The molecule has 0 saturated heterocycles. The fourth-order valence-corrected chi connectivity index (χ4v) is 1.21. The molecule has 1 heterocycles. The fraction of sp³-hybridized carbons (Fsp3) is 0.182.